The Morgan fingerprint density at radius 3 is 2.89 bits per heavy atom. The first-order valence-electron chi connectivity index (χ1n) is 8.11. The van der Waals surface area contributed by atoms with Crippen molar-refractivity contribution in [3.05, 3.63) is 42.4 Å². The van der Waals surface area contributed by atoms with Gasteiger partial charge in [0.25, 0.3) is 0 Å². The van der Waals surface area contributed by atoms with Crippen molar-refractivity contribution < 1.29 is 9.21 Å². The normalized spacial score (nSPS) is 12.4. The number of thiazole rings is 1. The maximum Gasteiger partial charge on any atom is 0.239 e. The number of anilines is 1. The van der Waals surface area contributed by atoms with E-state index in [2.05, 4.69) is 20.5 Å². The van der Waals surface area contributed by atoms with Gasteiger partial charge in [0, 0.05) is 0 Å². The molecule has 0 saturated carbocycles. The fraction of sp³-hybridized carbons (Fsp3) is 0.176. The fourth-order valence-corrected chi connectivity index (χ4v) is 4.14. The van der Waals surface area contributed by atoms with E-state index in [-0.39, 0.29) is 5.91 Å². The summed E-state index contributed by atoms with van der Waals surface area (Å²) in [6.07, 6.45) is 1.57. The van der Waals surface area contributed by atoms with Crippen LogP contribution in [0.3, 0.4) is 0 Å². The lowest BCUT2D eigenvalue weighted by Gasteiger charge is -2.09. The Morgan fingerprint density at radius 1 is 1.33 bits per heavy atom. The molecule has 0 aliphatic rings. The van der Waals surface area contributed by atoms with Gasteiger partial charge in [-0.15, -0.1) is 10.2 Å². The van der Waals surface area contributed by atoms with Gasteiger partial charge >= 0.3 is 0 Å². The fourth-order valence-electron chi connectivity index (χ4n) is 2.50. The van der Waals surface area contributed by atoms with E-state index in [0.717, 1.165) is 15.8 Å². The second-order valence-corrected chi connectivity index (χ2v) is 8.14. The lowest BCUT2D eigenvalue weighted by molar-refractivity contribution is -0.115. The van der Waals surface area contributed by atoms with Crippen LogP contribution < -0.4 is 11.2 Å². The van der Waals surface area contributed by atoms with Crippen LogP contribution in [0, 0.1) is 6.92 Å². The summed E-state index contributed by atoms with van der Waals surface area (Å²) in [6.45, 7) is 3.61. The molecular formula is C17H16N6O2S2. The first-order valence-corrected chi connectivity index (χ1v) is 9.80. The highest BCUT2D eigenvalue weighted by atomic mass is 32.2. The highest BCUT2D eigenvalue weighted by Gasteiger charge is 2.22. The molecule has 0 spiro atoms. The third-order valence-corrected chi connectivity index (χ3v) is 5.95. The molecule has 0 aliphatic carbocycles. The van der Waals surface area contributed by atoms with Crippen LogP contribution in [0.5, 0.6) is 0 Å². The van der Waals surface area contributed by atoms with Gasteiger partial charge < -0.3 is 15.6 Å². The molecule has 1 amide bonds. The molecule has 0 fully saturated rings. The van der Waals surface area contributed by atoms with Gasteiger partial charge in [0.1, 0.15) is 5.76 Å². The van der Waals surface area contributed by atoms with Crippen molar-refractivity contribution in [2.45, 2.75) is 24.3 Å². The SMILES string of the molecule is Cc1occc1-c1nnc(SC(C)C(=O)Nc2nc3ccccc3s2)n1N. The Balaban J connectivity index is 1.47. The maximum atomic E-state index is 12.5. The van der Waals surface area contributed by atoms with E-state index in [1.165, 1.54) is 27.8 Å². The molecule has 1 unspecified atom stereocenters. The Kier molecular flexibility index (Phi) is 4.58. The molecular weight excluding hydrogens is 384 g/mol. The number of thioether (sulfide) groups is 1. The van der Waals surface area contributed by atoms with Crippen LogP contribution in [0.25, 0.3) is 21.6 Å². The highest BCUT2D eigenvalue weighted by Crippen LogP contribution is 2.29. The Hall–Kier alpha value is -2.85. The zero-order valence-electron chi connectivity index (χ0n) is 14.5. The van der Waals surface area contributed by atoms with E-state index in [1.54, 1.807) is 19.3 Å². The summed E-state index contributed by atoms with van der Waals surface area (Å²) in [5.74, 6) is 7.11. The number of amides is 1. The van der Waals surface area contributed by atoms with Gasteiger partial charge in [0.2, 0.25) is 11.1 Å². The third-order valence-electron chi connectivity index (χ3n) is 3.94. The van der Waals surface area contributed by atoms with Crippen molar-refractivity contribution in [3.8, 4) is 11.4 Å². The molecule has 3 N–H and O–H groups in total. The monoisotopic (exact) mass is 400 g/mol. The Bertz CT molecular complexity index is 1080. The minimum Gasteiger partial charge on any atom is -0.469 e. The maximum absolute atomic E-state index is 12.5. The number of hydrogen-bond donors (Lipinski definition) is 2. The van der Waals surface area contributed by atoms with E-state index in [4.69, 9.17) is 10.3 Å². The van der Waals surface area contributed by atoms with Crippen molar-refractivity contribution in [1.82, 2.24) is 19.9 Å². The number of nitrogens with two attached hydrogens (primary N) is 1. The number of nitrogens with one attached hydrogen (secondary N) is 1. The number of furan rings is 1. The molecule has 0 bridgehead atoms. The molecule has 27 heavy (non-hydrogen) atoms. The Labute approximate surface area is 162 Å². The molecule has 3 heterocycles. The molecule has 1 aromatic carbocycles. The number of hydrogen-bond acceptors (Lipinski definition) is 8. The number of aryl methyl sites for hydroxylation is 1. The average molecular weight is 400 g/mol. The smallest absolute Gasteiger partial charge is 0.239 e. The molecule has 4 rings (SSSR count). The van der Waals surface area contributed by atoms with Gasteiger partial charge in [-0.2, -0.15) is 0 Å². The van der Waals surface area contributed by atoms with Gasteiger partial charge in [-0.3, -0.25) is 4.79 Å². The molecule has 0 radical (unpaired) electrons. The molecule has 1 atom stereocenters. The van der Waals surface area contributed by atoms with Crippen molar-refractivity contribution in [2.75, 3.05) is 11.2 Å². The second-order valence-electron chi connectivity index (χ2n) is 5.80. The quantitative estimate of drug-likeness (QED) is 0.390. The largest absolute Gasteiger partial charge is 0.469 e. The summed E-state index contributed by atoms with van der Waals surface area (Å²) in [6, 6.07) is 9.52. The number of carbonyl (C=O) groups is 1. The number of aromatic nitrogens is 4. The number of nitrogens with zero attached hydrogens (tertiary/aromatic N) is 4. The van der Waals surface area contributed by atoms with Crippen LogP contribution in [0.2, 0.25) is 0 Å². The minimum absolute atomic E-state index is 0.178. The number of benzene rings is 1. The highest BCUT2D eigenvalue weighted by molar-refractivity contribution is 8.00. The summed E-state index contributed by atoms with van der Waals surface area (Å²) < 4.78 is 7.67. The van der Waals surface area contributed by atoms with E-state index >= 15 is 0 Å². The molecule has 138 valence electrons. The molecule has 3 aromatic heterocycles. The van der Waals surface area contributed by atoms with Crippen molar-refractivity contribution in [2.24, 2.45) is 0 Å². The third kappa shape index (κ3) is 3.40. The Morgan fingerprint density at radius 2 is 2.15 bits per heavy atom. The summed E-state index contributed by atoms with van der Waals surface area (Å²) >= 11 is 2.66. The van der Waals surface area contributed by atoms with Gasteiger partial charge in [-0.05, 0) is 32.0 Å². The predicted octanol–water partition coefficient (Wildman–Crippen LogP) is 3.29. The number of carbonyl (C=O) groups excluding carboxylic acids is 1. The van der Waals surface area contributed by atoms with Crippen LogP contribution in [0.4, 0.5) is 5.13 Å². The van der Waals surface area contributed by atoms with Crippen LogP contribution in [-0.2, 0) is 4.79 Å². The number of nitrogen functional groups attached to an aromatic ring is 1. The molecule has 0 aliphatic heterocycles. The van der Waals surface area contributed by atoms with Gasteiger partial charge in [0.15, 0.2) is 11.0 Å². The predicted molar refractivity (Wildman–Crippen MR) is 106 cm³/mol. The van der Waals surface area contributed by atoms with Crippen molar-refractivity contribution in [1.29, 1.82) is 0 Å². The molecule has 4 aromatic rings. The van der Waals surface area contributed by atoms with Gasteiger partial charge in [0.05, 0.1) is 27.3 Å². The average Bonchev–Trinajstić information content (AvgIpc) is 3.34. The van der Waals surface area contributed by atoms with Crippen LogP contribution in [0.1, 0.15) is 12.7 Å². The number of para-hydroxylation sites is 1. The molecule has 0 saturated heterocycles. The van der Waals surface area contributed by atoms with Crippen LogP contribution in [-0.4, -0.2) is 31.0 Å². The minimum atomic E-state index is -0.429. The van der Waals surface area contributed by atoms with Crippen molar-refractivity contribution >= 4 is 44.4 Å². The lowest BCUT2D eigenvalue weighted by Crippen LogP contribution is -2.23. The lowest BCUT2D eigenvalue weighted by atomic mass is 10.2. The zero-order valence-corrected chi connectivity index (χ0v) is 16.2. The zero-order chi connectivity index (χ0) is 19.0. The summed E-state index contributed by atoms with van der Waals surface area (Å²) in [7, 11) is 0. The van der Waals surface area contributed by atoms with Gasteiger partial charge in [-0.1, -0.05) is 35.2 Å². The van der Waals surface area contributed by atoms with E-state index in [1.807, 2.05) is 31.2 Å². The first-order chi connectivity index (χ1) is 13.0. The second kappa shape index (κ2) is 7.05. The number of fused-ring (bicyclic) bond motifs is 1. The topological polar surface area (TPSA) is 112 Å². The van der Waals surface area contributed by atoms with E-state index < -0.39 is 5.25 Å². The summed E-state index contributed by atoms with van der Waals surface area (Å²) in [4.78, 5) is 16.9. The van der Waals surface area contributed by atoms with Crippen molar-refractivity contribution in [3.63, 3.8) is 0 Å². The molecule has 10 heteroatoms. The van der Waals surface area contributed by atoms with Crippen LogP contribution in [0.15, 0.2) is 46.2 Å². The first kappa shape index (κ1) is 17.6. The summed E-state index contributed by atoms with van der Waals surface area (Å²) in [5, 5.41) is 11.6. The standard InChI is InChI=1S/C17H16N6O2S2/c1-9-11(7-8-25-9)14-21-22-17(23(14)18)26-10(2)15(24)20-16-19-12-5-3-4-6-13(12)27-16/h3-8,10H,18H2,1-2H3,(H,19,20,24). The van der Waals surface area contributed by atoms with Gasteiger partial charge in [-0.25, -0.2) is 9.66 Å². The molecule has 8 nitrogen and oxygen atoms in total. The van der Waals surface area contributed by atoms with E-state index in [0.29, 0.717) is 21.9 Å². The van der Waals surface area contributed by atoms with Crippen LogP contribution >= 0.6 is 23.1 Å². The summed E-state index contributed by atoms with van der Waals surface area (Å²) in [5.41, 5.74) is 1.63. The van der Waals surface area contributed by atoms with E-state index in [9.17, 15) is 4.79 Å². The number of rotatable bonds is 5.